The monoisotopic (exact) mass is 292 g/mol. The summed E-state index contributed by atoms with van der Waals surface area (Å²) in [5.74, 6) is 0.276. The molecule has 0 bridgehead atoms. The number of carbonyl (C=O) groups is 1. The Labute approximate surface area is 118 Å². The second-order valence-corrected chi connectivity index (χ2v) is 4.27. The summed E-state index contributed by atoms with van der Waals surface area (Å²) in [6.07, 6.45) is 2.59. The van der Waals surface area contributed by atoms with E-state index in [4.69, 9.17) is 21.8 Å². The van der Waals surface area contributed by atoms with Crippen molar-refractivity contribution in [3.05, 3.63) is 57.3 Å². The van der Waals surface area contributed by atoms with Crippen LogP contribution < -0.4 is 5.73 Å². The molecule has 0 fully saturated rings. The Morgan fingerprint density at radius 2 is 2.10 bits per heavy atom. The summed E-state index contributed by atoms with van der Waals surface area (Å²) >= 11 is 5.99. The average molecular weight is 293 g/mol. The number of primary amides is 1. The van der Waals surface area contributed by atoms with Crippen LogP contribution in [-0.4, -0.2) is 10.8 Å². The number of furan rings is 1. The third-order valence-corrected chi connectivity index (χ3v) is 2.78. The molecule has 20 heavy (non-hydrogen) atoms. The van der Waals surface area contributed by atoms with Gasteiger partial charge in [0.25, 0.3) is 5.69 Å². The average Bonchev–Trinajstić information content (AvgIpc) is 2.84. The van der Waals surface area contributed by atoms with E-state index in [0.29, 0.717) is 17.1 Å². The van der Waals surface area contributed by atoms with Gasteiger partial charge in [0, 0.05) is 23.8 Å². The van der Waals surface area contributed by atoms with Gasteiger partial charge in [-0.1, -0.05) is 11.6 Å². The first kappa shape index (κ1) is 13.8. The van der Waals surface area contributed by atoms with Crippen molar-refractivity contribution in [2.24, 2.45) is 5.73 Å². The third kappa shape index (κ3) is 3.04. The Morgan fingerprint density at radius 3 is 2.70 bits per heavy atom. The van der Waals surface area contributed by atoms with Crippen LogP contribution in [0.3, 0.4) is 0 Å². The van der Waals surface area contributed by atoms with Gasteiger partial charge in [0.15, 0.2) is 0 Å². The van der Waals surface area contributed by atoms with Gasteiger partial charge in [-0.15, -0.1) is 0 Å². The number of nitrogens with zero attached hydrogens (tertiary/aromatic N) is 1. The fourth-order valence-electron chi connectivity index (χ4n) is 1.57. The molecule has 1 aromatic carbocycles. The molecule has 0 saturated heterocycles. The number of nitro groups is 1. The highest BCUT2D eigenvalue weighted by Gasteiger charge is 2.13. The maximum atomic E-state index is 10.6. The van der Waals surface area contributed by atoms with Crippen molar-refractivity contribution in [2.45, 2.75) is 0 Å². The molecule has 2 aromatic rings. The molecule has 0 aliphatic carbocycles. The fraction of sp³-hybridized carbons (Fsp3) is 0. The Bertz CT molecular complexity index is 706. The molecule has 0 unspecified atom stereocenters. The number of hydrogen-bond donors (Lipinski definition) is 1. The van der Waals surface area contributed by atoms with Crippen LogP contribution in [0.1, 0.15) is 5.76 Å². The number of carbonyl (C=O) groups excluding carboxylic acids is 1. The minimum absolute atomic E-state index is 0.0980. The van der Waals surface area contributed by atoms with Crippen molar-refractivity contribution >= 4 is 29.3 Å². The number of hydrogen-bond acceptors (Lipinski definition) is 4. The van der Waals surface area contributed by atoms with Crippen LogP contribution in [0, 0.1) is 10.1 Å². The zero-order valence-corrected chi connectivity index (χ0v) is 10.8. The SMILES string of the molecule is NC(=O)/C=C/c1ccc(-c2ccc([N+](=O)[O-])cc2Cl)o1. The highest BCUT2D eigenvalue weighted by molar-refractivity contribution is 6.33. The molecule has 1 aromatic heterocycles. The molecular weight excluding hydrogens is 284 g/mol. The molecule has 0 saturated carbocycles. The first-order chi connectivity index (χ1) is 9.47. The molecule has 1 heterocycles. The van der Waals surface area contributed by atoms with Gasteiger partial charge in [0.2, 0.25) is 5.91 Å². The zero-order chi connectivity index (χ0) is 14.7. The van der Waals surface area contributed by atoms with Crippen molar-refractivity contribution in [1.29, 1.82) is 0 Å². The van der Waals surface area contributed by atoms with Gasteiger partial charge < -0.3 is 10.2 Å². The van der Waals surface area contributed by atoms with Crippen molar-refractivity contribution in [2.75, 3.05) is 0 Å². The fourth-order valence-corrected chi connectivity index (χ4v) is 1.84. The van der Waals surface area contributed by atoms with E-state index in [-0.39, 0.29) is 10.7 Å². The maximum absolute atomic E-state index is 10.6. The second kappa shape index (κ2) is 5.58. The summed E-state index contributed by atoms with van der Waals surface area (Å²) in [4.78, 5) is 20.7. The Kier molecular flexibility index (Phi) is 3.86. The molecule has 0 atom stereocenters. The van der Waals surface area contributed by atoms with Gasteiger partial charge in [-0.05, 0) is 24.3 Å². The Morgan fingerprint density at radius 1 is 1.35 bits per heavy atom. The molecule has 0 aliphatic rings. The number of rotatable bonds is 4. The number of nitro benzene ring substituents is 1. The maximum Gasteiger partial charge on any atom is 0.270 e. The predicted octanol–water partition coefficient (Wildman–Crippen LogP) is 3.01. The quantitative estimate of drug-likeness (QED) is 0.532. The number of amides is 1. The van der Waals surface area contributed by atoms with Gasteiger partial charge in [-0.3, -0.25) is 14.9 Å². The Balaban J connectivity index is 2.33. The van der Waals surface area contributed by atoms with Crippen LogP contribution in [0.4, 0.5) is 5.69 Å². The third-order valence-electron chi connectivity index (χ3n) is 2.47. The van der Waals surface area contributed by atoms with E-state index in [1.54, 1.807) is 12.1 Å². The topological polar surface area (TPSA) is 99.4 Å². The molecule has 6 nitrogen and oxygen atoms in total. The lowest BCUT2D eigenvalue weighted by atomic mass is 10.1. The molecule has 0 aliphatic heterocycles. The second-order valence-electron chi connectivity index (χ2n) is 3.86. The normalized spacial score (nSPS) is 10.8. The summed E-state index contributed by atoms with van der Waals surface area (Å²) in [5, 5.41) is 10.8. The van der Waals surface area contributed by atoms with E-state index in [2.05, 4.69) is 0 Å². The Hall–Kier alpha value is -2.60. The van der Waals surface area contributed by atoms with Gasteiger partial charge >= 0.3 is 0 Å². The van der Waals surface area contributed by atoms with Crippen LogP contribution in [0.25, 0.3) is 17.4 Å². The number of non-ortho nitro benzene ring substituents is 1. The summed E-state index contributed by atoms with van der Waals surface area (Å²) in [5.41, 5.74) is 5.40. The summed E-state index contributed by atoms with van der Waals surface area (Å²) < 4.78 is 5.45. The van der Waals surface area contributed by atoms with E-state index in [1.165, 1.54) is 30.4 Å². The zero-order valence-electron chi connectivity index (χ0n) is 10.1. The van der Waals surface area contributed by atoms with Crippen molar-refractivity contribution in [3.63, 3.8) is 0 Å². The van der Waals surface area contributed by atoms with Gasteiger partial charge in [0.1, 0.15) is 11.5 Å². The minimum Gasteiger partial charge on any atom is -0.457 e. The van der Waals surface area contributed by atoms with Crippen molar-refractivity contribution in [3.8, 4) is 11.3 Å². The largest absolute Gasteiger partial charge is 0.457 e. The van der Waals surface area contributed by atoms with Crippen molar-refractivity contribution in [1.82, 2.24) is 0 Å². The van der Waals surface area contributed by atoms with E-state index in [0.717, 1.165) is 0 Å². The van der Waals surface area contributed by atoms with E-state index in [1.807, 2.05) is 0 Å². The van der Waals surface area contributed by atoms with Crippen LogP contribution in [0.2, 0.25) is 5.02 Å². The van der Waals surface area contributed by atoms with Crippen LogP contribution >= 0.6 is 11.6 Å². The highest BCUT2D eigenvalue weighted by atomic mass is 35.5. The van der Waals surface area contributed by atoms with Gasteiger partial charge in [-0.25, -0.2) is 0 Å². The molecular formula is C13H9ClN2O4. The molecule has 2 rings (SSSR count). The number of nitrogens with two attached hydrogens (primary N) is 1. The summed E-state index contributed by atoms with van der Waals surface area (Å²) in [6.45, 7) is 0. The predicted molar refractivity (Wildman–Crippen MR) is 74.0 cm³/mol. The highest BCUT2D eigenvalue weighted by Crippen LogP contribution is 2.32. The molecule has 1 amide bonds. The van der Waals surface area contributed by atoms with Crippen LogP contribution in [-0.2, 0) is 4.79 Å². The van der Waals surface area contributed by atoms with Gasteiger partial charge in [-0.2, -0.15) is 0 Å². The van der Waals surface area contributed by atoms with Crippen LogP contribution in [0.5, 0.6) is 0 Å². The minimum atomic E-state index is -0.587. The van der Waals surface area contributed by atoms with Crippen LogP contribution in [0.15, 0.2) is 40.8 Å². The van der Waals surface area contributed by atoms with E-state index < -0.39 is 10.8 Å². The summed E-state index contributed by atoms with van der Waals surface area (Å²) in [7, 11) is 0. The number of halogens is 1. The van der Waals surface area contributed by atoms with E-state index >= 15 is 0 Å². The molecule has 102 valence electrons. The standard InChI is InChI=1S/C13H9ClN2O4/c14-11-7-8(16(18)19)1-4-10(11)12-5-2-9(20-12)3-6-13(15)17/h1-7H,(H2,15,17)/b6-3+. The summed E-state index contributed by atoms with van der Waals surface area (Å²) in [6, 6.07) is 7.36. The lowest BCUT2D eigenvalue weighted by molar-refractivity contribution is -0.384. The molecule has 0 spiro atoms. The first-order valence-electron chi connectivity index (χ1n) is 5.49. The van der Waals surface area contributed by atoms with Crippen molar-refractivity contribution < 1.29 is 14.1 Å². The van der Waals surface area contributed by atoms with E-state index in [9.17, 15) is 14.9 Å². The molecule has 7 heteroatoms. The van der Waals surface area contributed by atoms with Gasteiger partial charge in [0.05, 0.1) is 9.95 Å². The molecule has 0 radical (unpaired) electrons. The lowest BCUT2D eigenvalue weighted by Gasteiger charge is -2.00. The number of benzene rings is 1. The lowest BCUT2D eigenvalue weighted by Crippen LogP contribution is -2.04. The molecule has 2 N–H and O–H groups in total. The first-order valence-corrected chi connectivity index (χ1v) is 5.87. The smallest absolute Gasteiger partial charge is 0.270 e.